The van der Waals surface area contributed by atoms with Crippen molar-refractivity contribution in [3.8, 4) is 0 Å². The largest absolute Gasteiger partial charge is 0.0917 e. The third kappa shape index (κ3) is 9.78. The van der Waals surface area contributed by atoms with Crippen LogP contribution in [0.15, 0.2) is 23.8 Å². The average Bonchev–Trinajstić information content (AvgIpc) is 2.17. The highest BCUT2D eigenvalue weighted by Crippen LogP contribution is 2.18. The van der Waals surface area contributed by atoms with Gasteiger partial charge in [0.25, 0.3) is 0 Å². The fourth-order valence-corrected chi connectivity index (χ4v) is 2.01. The van der Waals surface area contributed by atoms with E-state index in [2.05, 4.69) is 45.9 Å². The summed E-state index contributed by atoms with van der Waals surface area (Å²) in [4.78, 5) is 0. The van der Waals surface area contributed by atoms with Gasteiger partial charge in [-0.05, 0) is 45.4 Å². The van der Waals surface area contributed by atoms with E-state index in [0.717, 1.165) is 5.92 Å². The van der Waals surface area contributed by atoms with Crippen molar-refractivity contribution in [2.24, 2.45) is 5.92 Å². The first-order valence-electron chi connectivity index (χ1n) is 6.47. The van der Waals surface area contributed by atoms with E-state index in [1.54, 1.807) is 5.57 Å². The molecular formula is C15H28. The average molecular weight is 208 g/mol. The monoisotopic (exact) mass is 208 g/mol. The van der Waals surface area contributed by atoms with Gasteiger partial charge >= 0.3 is 0 Å². The Morgan fingerprint density at radius 1 is 1.27 bits per heavy atom. The molecule has 1 atom stereocenters. The van der Waals surface area contributed by atoms with Crippen LogP contribution in [0.25, 0.3) is 0 Å². The molecule has 0 saturated carbocycles. The zero-order valence-electron chi connectivity index (χ0n) is 11.1. The second-order valence-corrected chi connectivity index (χ2v) is 4.62. The van der Waals surface area contributed by atoms with Crippen molar-refractivity contribution >= 4 is 0 Å². The predicted octanol–water partition coefficient (Wildman–Crippen LogP) is 5.51. The summed E-state index contributed by atoms with van der Waals surface area (Å²) in [6.45, 7) is 8.95. The van der Waals surface area contributed by atoms with E-state index < -0.39 is 0 Å². The fourth-order valence-electron chi connectivity index (χ4n) is 2.01. The Balaban J connectivity index is 3.48. The van der Waals surface area contributed by atoms with Gasteiger partial charge in [-0.1, -0.05) is 50.5 Å². The second-order valence-electron chi connectivity index (χ2n) is 4.62. The molecule has 0 aliphatic rings. The molecule has 0 aromatic carbocycles. The topological polar surface area (TPSA) is 0 Å². The Kier molecular flexibility index (Phi) is 9.67. The number of allylic oxidation sites excluding steroid dienone is 4. The Morgan fingerprint density at radius 3 is 2.60 bits per heavy atom. The lowest BCUT2D eigenvalue weighted by Crippen LogP contribution is -1.95. The van der Waals surface area contributed by atoms with Crippen molar-refractivity contribution in [2.75, 3.05) is 0 Å². The van der Waals surface area contributed by atoms with Gasteiger partial charge in [-0.25, -0.2) is 0 Å². The molecule has 0 aliphatic heterocycles. The normalized spacial score (nSPS) is 14.8. The molecule has 0 fully saturated rings. The van der Waals surface area contributed by atoms with E-state index in [9.17, 15) is 0 Å². The van der Waals surface area contributed by atoms with Gasteiger partial charge < -0.3 is 0 Å². The van der Waals surface area contributed by atoms with Crippen molar-refractivity contribution in [3.63, 3.8) is 0 Å². The molecule has 0 heteroatoms. The van der Waals surface area contributed by atoms with Gasteiger partial charge in [0.15, 0.2) is 0 Å². The molecule has 88 valence electrons. The summed E-state index contributed by atoms with van der Waals surface area (Å²) in [6, 6.07) is 0. The third-order valence-corrected chi connectivity index (χ3v) is 2.78. The third-order valence-electron chi connectivity index (χ3n) is 2.78. The van der Waals surface area contributed by atoms with Crippen LogP contribution in [0.5, 0.6) is 0 Å². The van der Waals surface area contributed by atoms with Crippen molar-refractivity contribution in [3.05, 3.63) is 23.8 Å². The van der Waals surface area contributed by atoms with Crippen LogP contribution >= 0.6 is 0 Å². The van der Waals surface area contributed by atoms with Gasteiger partial charge in [-0.15, -0.1) is 0 Å². The Bertz CT molecular complexity index is 186. The standard InChI is InChI=1S/C15H28/c1-5-7-8-9-10-12-15(4)13-14(3)11-6-2/h5,7,11,15H,6,8-10,12-13H2,1-4H3/b7-5+,14-11+. The maximum atomic E-state index is 2.38. The Hall–Kier alpha value is -0.520. The molecule has 0 saturated heterocycles. The number of rotatable bonds is 8. The molecule has 0 radical (unpaired) electrons. The van der Waals surface area contributed by atoms with Crippen molar-refractivity contribution in [2.45, 2.75) is 66.2 Å². The van der Waals surface area contributed by atoms with E-state index in [1.807, 2.05) is 0 Å². The van der Waals surface area contributed by atoms with Crippen LogP contribution in [0.4, 0.5) is 0 Å². The summed E-state index contributed by atoms with van der Waals surface area (Å²) in [5.74, 6) is 0.860. The van der Waals surface area contributed by atoms with E-state index in [-0.39, 0.29) is 0 Å². The lowest BCUT2D eigenvalue weighted by molar-refractivity contribution is 0.495. The highest BCUT2D eigenvalue weighted by atomic mass is 14.1. The SMILES string of the molecule is C/C=C/CCCCC(C)C/C(C)=C/CC. The Morgan fingerprint density at radius 2 is 2.00 bits per heavy atom. The molecule has 0 heterocycles. The predicted molar refractivity (Wildman–Crippen MR) is 71.1 cm³/mol. The molecule has 1 unspecified atom stereocenters. The number of unbranched alkanes of at least 4 members (excludes halogenated alkanes) is 2. The second kappa shape index (κ2) is 10.0. The lowest BCUT2D eigenvalue weighted by atomic mass is 9.95. The maximum Gasteiger partial charge on any atom is -0.0297 e. The summed E-state index contributed by atoms with van der Waals surface area (Å²) in [7, 11) is 0. The van der Waals surface area contributed by atoms with Crippen molar-refractivity contribution in [1.82, 2.24) is 0 Å². The van der Waals surface area contributed by atoms with Crippen molar-refractivity contribution in [1.29, 1.82) is 0 Å². The van der Waals surface area contributed by atoms with Crippen molar-refractivity contribution < 1.29 is 0 Å². The zero-order chi connectivity index (χ0) is 11.5. The summed E-state index contributed by atoms with van der Waals surface area (Å²) < 4.78 is 0. The first-order chi connectivity index (χ1) is 7.20. The van der Waals surface area contributed by atoms with E-state index >= 15 is 0 Å². The highest BCUT2D eigenvalue weighted by Gasteiger charge is 2.02. The molecule has 0 bridgehead atoms. The van der Waals surface area contributed by atoms with E-state index in [1.165, 1.54) is 38.5 Å². The molecule has 0 aromatic rings. The number of hydrogen-bond acceptors (Lipinski definition) is 0. The molecule has 15 heavy (non-hydrogen) atoms. The number of hydrogen-bond donors (Lipinski definition) is 0. The summed E-state index contributed by atoms with van der Waals surface area (Å²) in [5, 5.41) is 0. The van der Waals surface area contributed by atoms with Crippen LogP contribution in [-0.2, 0) is 0 Å². The molecule has 0 aliphatic carbocycles. The van der Waals surface area contributed by atoms with Gasteiger partial charge in [-0.2, -0.15) is 0 Å². The molecule has 0 rings (SSSR count). The fraction of sp³-hybridized carbons (Fsp3) is 0.733. The minimum Gasteiger partial charge on any atom is -0.0917 e. The molecule has 0 N–H and O–H groups in total. The summed E-state index contributed by atoms with van der Waals surface area (Å²) in [5.41, 5.74) is 1.57. The van der Waals surface area contributed by atoms with Gasteiger partial charge in [0.05, 0.1) is 0 Å². The summed E-state index contributed by atoms with van der Waals surface area (Å²) in [6.07, 6.45) is 14.6. The van der Waals surface area contributed by atoms with Gasteiger partial charge in [0.1, 0.15) is 0 Å². The van der Waals surface area contributed by atoms with Crippen LogP contribution in [0.2, 0.25) is 0 Å². The smallest absolute Gasteiger partial charge is 0.0297 e. The molecular weight excluding hydrogens is 180 g/mol. The van der Waals surface area contributed by atoms with Crippen LogP contribution in [0.3, 0.4) is 0 Å². The molecule has 0 spiro atoms. The Labute approximate surface area is 96.5 Å². The molecule has 0 aromatic heterocycles. The van der Waals surface area contributed by atoms with Crippen LogP contribution in [0.1, 0.15) is 66.2 Å². The van der Waals surface area contributed by atoms with Gasteiger partial charge in [0.2, 0.25) is 0 Å². The highest BCUT2D eigenvalue weighted by molar-refractivity contribution is 4.98. The molecule has 0 nitrogen and oxygen atoms in total. The van der Waals surface area contributed by atoms with E-state index in [4.69, 9.17) is 0 Å². The zero-order valence-corrected chi connectivity index (χ0v) is 11.1. The minimum absolute atomic E-state index is 0.860. The minimum atomic E-state index is 0.860. The lowest BCUT2D eigenvalue weighted by Gasteiger charge is -2.11. The summed E-state index contributed by atoms with van der Waals surface area (Å²) >= 11 is 0. The first-order valence-corrected chi connectivity index (χ1v) is 6.47. The first kappa shape index (κ1) is 14.5. The van der Waals surface area contributed by atoms with Crippen LogP contribution in [-0.4, -0.2) is 0 Å². The van der Waals surface area contributed by atoms with E-state index in [0.29, 0.717) is 0 Å². The quantitative estimate of drug-likeness (QED) is 0.365. The van der Waals surface area contributed by atoms with Gasteiger partial charge in [0, 0.05) is 0 Å². The van der Waals surface area contributed by atoms with Crippen LogP contribution in [0, 0.1) is 5.92 Å². The maximum absolute atomic E-state index is 2.38. The molecule has 0 amide bonds. The van der Waals surface area contributed by atoms with Crippen LogP contribution < -0.4 is 0 Å². The van der Waals surface area contributed by atoms with Gasteiger partial charge in [-0.3, -0.25) is 0 Å².